The standard InChI is InChI=1S/C18H30N2O3S/c1-14(19-8-7-16-6-5-11-24-16)12-15-13-22-10-9-20(15)17(21)23-18(2,3)4/h5-6,11,14-15,19H,7-10,12-13H2,1-4H3/t14-,15+/m0/s1. The molecule has 136 valence electrons. The molecule has 5 nitrogen and oxygen atoms in total. The Bertz CT molecular complexity index is 499. The second-order valence-electron chi connectivity index (χ2n) is 7.32. The average Bonchev–Trinajstić information content (AvgIpc) is 2.99. The molecule has 0 aliphatic carbocycles. The number of morpholine rings is 1. The number of thiophene rings is 1. The van der Waals surface area contributed by atoms with Gasteiger partial charge in [0.15, 0.2) is 0 Å². The maximum atomic E-state index is 12.4. The SMILES string of the molecule is C[C@@H](C[C@@H]1COCCN1C(=O)OC(C)(C)C)NCCc1cccs1. The van der Waals surface area contributed by atoms with Crippen molar-refractivity contribution in [3.8, 4) is 0 Å². The van der Waals surface area contributed by atoms with Crippen LogP contribution in [0.2, 0.25) is 0 Å². The predicted molar refractivity (Wildman–Crippen MR) is 97.7 cm³/mol. The third-order valence-corrected chi connectivity index (χ3v) is 4.86. The van der Waals surface area contributed by atoms with Crippen LogP contribution in [0, 0.1) is 0 Å². The average molecular weight is 355 g/mol. The van der Waals surface area contributed by atoms with E-state index in [0.29, 0.717) is 25.8 Å². The van der Waals surface area contributed by atoms with Crippen molar-refractivity contribution in [3.05, 3.63) is 22.4 Å². The number of rotatable bonds is 6. The largest absolute Gasteiger partial charge is 0.444 e. The van der Waals surface area contributed by atoms with Crippen LogP contribution in [0.1, 0.15) is 39.0 Å². The summed E-state index contributed by atoms with van der Waals surface area (Å²) in [5, 5.41) is 5.66. The molecule has 0 spiro atoms. The molecule has 1 saturated heterocycles. The zero-order valence-electron chi connectivity index (χ0n) is 15.2. The van der Waals surface area contributed by atoms with E-state index >= 15 is 0 Å². The van der Waals surface area contributed by atoms with E-state index in [9.17, 15) is 4.79 Å². The highest BCUT2D eigenvalue weighted by molar-refractivity contribution is 7.09. The topological polar surface area (TPSA) is 50.8 Å². The summed E-state index contributed by atoms with van der Waals surface area (Å²) in [6.45, 7) is 10.6. The zero-order valence-corrected chi connectivity index (χ0v) is 16.0. The van der Waals surface area contributed by atoms with Crippen LogP contribution in [0.4, 0.5) is 4.79 Å². The van der Waals surface area contributed by atoms with Gasteiger partial charge in [0.25, 0.3) is 0 Å². The number of hydrogen-bond acceptors (Lipinski definition) is 5. The molecular formula is C18H30N2O3S. The molecule has 2 rings (SSSR count). The first-order chi connectivity index (χ1) is 11.3. The summed E-state index contributed by atoms with van der Waals surface area (Å²) in [6.07, 6.45) is 1.67. The maximum Gasteiger partial charge on any atom is 0.410 e. The molecule has 2 atom stereocenters. The lowest BCUT2D eigenvalue weighted by atomic mass is 10.1. The van der Waals surface area contributed by atoms with E-state index in [2.05, 4.69) is 29.8 Å². The third-order valence-electron chi connectivity index (χ3n) is 3.93. The minimum absolute atomic E-state index is 0.0674. The molecular weight excluding hydrogens is 324 g/mol. The van der Waals surface area contributed by atoms with Crippen molar-refractivity contribution in [3.63, 3.8) is 0 Å². The van der Waals surface area contributed by atoms with Gasteiger partial charge in [-0.3, -0.25) is 0 Å². The van der Waals surface area contributed by atoms with Crippen LogP contribution < -0.4 is 5.32 Å². The molecule has 1 amide bonds. The number of amides is 1. The first kappa shape index (κ1) is 19.2. The van der Waals surface area contributed by atoms with Crippen molar-refractivity contribution in [1.29, 1.82) is 0 Å². The Balaban J connectivity index is 1.80. The summed E-state index contributed by atoms with van der Waals surface area (Å²) in [4.78, 5) is 15.6. The Labute approximate surface area is 149 Å². The molecule has 24 heavy (non-hydrogen) atoms. The summed E-state index contributed by atoms with van der Waals surface area (Å²) in [6, 6.07) is 4.64. The van der Waals surface area contributed by atoms with Gasteiger partial charge in [-0.05, 0) is 52.0 Å². The molecule has 0 radical (unpaired) electrons. The summed E-state index contributed by atoms with van der Waals surface area (Å²) in [5.41, 5.74) is -0.468. The second-order valence-corrected chi connectivity index (χ2v) is 8.35. The molecule has 0 aromatic carbocycles. The number of nitrogens with one attached hydrogen (secondary N) is 1. The van der Waals surface area contributed by atoms with Crippen molar-refractivity contribution in [2.75, 3.05) is 26.3 Å². The number of carbonyl (C=O) groups excluding carboxylic acids is 1. The van der Waals surface area contributed by atoms with Crippen LogP contribution in [-0.2, 0) is 15.9 Å². The van der Waals surface area contributed by atoms with Gasteiger partial charge >= 0.3 is 6.09 Å². The summed E-state index contributed by atoms with van der Waals surface area (Å²) in [5.74, 6) is 0. The number of carbonyl (C=O) groups is 1. The number of ether oxygens (including phenoxy) is 2. The van der Waals surface area contributed by atoms with Gasteiger partial charge in [0, 0.05) is 24.0 Å². The molecule has 0 saturated carbocycles. The zero-order chi connectivity index (χ0) is 17.6. The Morgan fingerprint density at radius 2 is 2.33 bits per heavy atom. The fourth-order valence-electron chi connectivity index (χ4n) is 2.80. The van der Waals surface area contributed by atoms with Crippen LogP contribution in [0.3, 0.4) is 0 Å². The van der Waals surface area contributed by atoms with E-state index in [1.807, 2.05) is 25.7 Å². The van der Waals surface area contributed by atoms with E-state index in [1.165, 1.54) is 4.88 Å². The predicted octanol–water partition coefficient (Wildman–Crippen LogP) is 3.29. The van der Waals surface area contributed by atoms with Crippen LogP contribution in [-0.4, -0.2) is 55.0 Å². The van der Waals surface area contributed by atoms with E-state index in [1.54, 1.807) is 11.3 Å². The molecule has 1 fully saturated rings. The first-order valence-electron chi connectivity index (χ1n) is 8.68. The molecule has 1 aromatic rings. The number of nitrogens with zero attached hydrogens (tertiary/aromatic N) is 1. The van der Waals surface area contributed by atoms with Gasteiger partial charge in [-0.25, -0.2) is 4.79 Å². The molecule has 1 aliphatic heterocycles. The summed E-state index contributed by atoms with van der Waals surface area (Å²) < 4.78 is 11.1. The van der Waals surface area contributed by atoms with Crippen LogP contribution in [0.25, 0.3) is 0 Å². The van der Waals surface area contributed by atoms with Crippen LogP contribution >= 0.6 is 11.3 Å². The number of hydrogen-bond donors (Lipinski definition) is 1. The van der Waals surface area contributed by atoms with Crippen LogP contribution in [0.5, 0.6) is 0 Å². The maximum absolute atomic E-state index is 12.4. The van der Waals surface area contributed by atoms with E-state index in [-0.39, 0.29) is 12.1 Å². The Kier molecular flexibility index (Phi) is 7.07. The smallest absolute Gasteiger partial charge is 0.410 e. The molecule has 1 aromatic heterocycles. The van der Waals surface area contributed by atoms with Gasteiger partial charge in [0.1, 0.15) is 5.60 Å². The lowest BCUT2D eigenvalue weighted by molar-refractivity contribution is -0.0355. The summed E-state index contributed by atoms with van der Waals surface area (Å²) in [7, 11) is 0. The lowest BCUT2D eigenvalue weighted by Crippen LogP contribution is -2.52. The van der Waals surface area contributed by atoms with Crippen molar-refractivity contribution < 1.29 is 14.3 Å². The van der Waals surface area contributed by atoms with Crippen molar-refractivity contribution in [2.24, 2.45) is 0 Å². The Morgan fingerprint density at radius 1 is 1.54 bits per heavy atom. The Morgan fingerprint density at radius 3 is 3.00 bits per heavy atom. The van der Waals surface area contributed by atoms with Gasteiger partial charge in [0.2, 0.25) is 0 Å². The van der Waals surface area contributed by atoms with E-state index in [0.717, 1.165) is 19.4 Å². The fraction of sp³-hybridized carbons (Fsp3) is 0.722. The van der Waals surface area contributed by atoms with Crippen molar-refractivity contribution >= 4 is 17.4 Å². The van der Waals surface area contributed by atoms with Crippen molar-refractivity contribution in [1.82, 2.24) is 10.2 Å². The molecule has 0 unspecified atom stereocenters. The minimum atomic E-state index is -0.468. The molecule has 1 aliphatic rings. The minimum Gasteiger partial charge on any atom is -0.444 e. The van der Waals surface area contributed by atoms with Gasteiger partial charge in [-0.1, -0.05) is 6.07 Å². The summed E-state index contributed by atoms with van der Waals surface area (Å²) >= 11 is 1.79. The van der Waals surface area contributed by atoms with Crippen LogP contribution in [0.15, 0.2) is 17.5 Å². The van der Waals surface area contributed by atoms with Gasteiger partial charge in [-0.15, -0.1) is 11.3 Å². The fourth-order valence-corrected chi connectivity index (χ4v) is 3.51. The molecule has 6 heteroatoms. The Hall–Kier alpha value is -1.11. The highest BCUT2D eigenvalue weighted by Gasteiger charge is 2.31. The monoisotopic (exact) mass is 354 g/mol. The highest BCUT2D eigenvalue weighted by Crippen LogP contribution is 2.17. The van der Waals surface area contributed by atoms with E-state index in [4.69, 9.17) is 9.47 Å². The van der Waals surface area contributed by atoms with Gasteiger partial charge in [-0.2, -0.15) is 0 Å². The molecule has 0 bridgehead atoms. The van der Waals surface area contributed by atoms with Crippen molar-refractivity contribution in [2.45, 2.75) is 58.2 Å². The van der Waals surface area contributed by atoms with Gasteiger partial charge < -0.3 is 19.7 Å². The third kappa shape index (κ3) is 6.42. The molecule has 1 N–H and O–H groups in total. The normalized spacial score (nSPS) is 20.0. The van der Waals surface area contributed by atoms with Gasteiger partial charge in [0.05, 0.1) is 19.3 Å². The van der Waals surface area contributed by atoms with E-state index < -0.39 is 5.60 Å². The quantitative estimate of drug-likeness (QED) is 0.852. The second kappa shape index (κ2) is 8.83. The molecule has 2 heterocycles. The first-order valence-corrected chi connectivity index (χ1v) is 9.56. The highest BCUT2D eigenvalue weighted by atomic mass is 32.1. The lowest BCUT2D eigenvalue weighted by Gasteiger charge is -2.37.